The molecule has 2 aliphatic heterocycles. The molecule has 1 aromatic heterocycles. The smallest absolute Gasteiger partial charge is 0.274 e. The van der Waals surface area contributed by atoms with E-state index in [1.807, 2.05) is 29.2 Å². The summed E-state index contributed by atoms with van der Waals surface area (Å²) in [5.74, 6) is -0.00340. The summed E-state index contributed by atoms with van der Waals surface area (Å²) < 4.78 is 19.7. The van der Waals surface area contributed by atoms with Gasteiger partial charge < -0.3 is 9.64 Å². The molecule has 3 aromatic rings. The number of hydrogen-bond donors (Lipinski definition) is 0. The number of benzene rings is 2. The molecular weight excluding hydrogens is 407 g/mol. The zero-order valence-corrected chi connectivity index (χ0v) is 18.0. The molecule has 3 heterocycles. The van der Waals surface area contributed by atoms with Crippen molar-refractivity contribution in [3.05, 3.63) is 66.2 Å². The lowest BCUT2D eigenvalue weighted by Crippen LogP contribution is -2.50. The van der Waals surface area contributed by atoms with Crippen molar-refractivity contribution in [1.29, 1.82) is 0 Å². The zero-order chi connectivity index (χ0) is 21.9. The Labute approximate surface area is 187 Å². The maximum absolute atomic E-state index is 13.8. The zero-order valence-electron chi connectivity index (χ0n) is 18.0. The topological polar surface area (TPSA) is 58.6 Å². The van der Waals surface area contributed by atoms with Gasteiger partial charge in [-0.1, -0.05) is 24.3 Å². The highest BCUT2D eigenvalue weighted by molar-refractivity contribution is 5.93. The summed E-state index contributed by atoms with van der Waals surface area (Å²) in [6.07, 6.45) is 5.31. The molecule has 32 heavy (non-hydrogen) atoms. The number of aromatic nitrogens is 2. The molecule has 2 aromatic carbocycles. The summed E-state index contributed by atoms with van der Waals surface area (Å²) in [5.41, 5.74) is 1.95. The average Bonchev–Trinajstić information content (AvgIpc) is 2.85. The molecule has 0 atom stereocenters. The Hall–Kier alpha value is -3.06. The molecular formula is C25H27FN4O2. The lowest BCUT2D eigenvalue weighted by Gasteiger charge is -2.41. The number of hydrogen-bond acceptors (Lipinski definition) is 5. The van der Waals surface area contributed by atoms with Gasteiger partial charge in [-0.15, -0.1) is 0 Å². The van der Waals surface area contributed by atoms with Crippen LogP contribution in [-0.4, -0.2) is 64.0 Å². The molecule has 0 unspecified atom stereocenters. The van der Waals surface area contributed by atoms with Crippen molar-refractivity contribution in [3.63, 3.8) is 0 Å². The van der Waals surface area contributed by atoms with E-state index in [0.717, 1.165) is 62.9 Å². The average molecular weight is 435 g/mol. The molecule has 6 nitrogen and oxygen atoms in total. The second-order valence-corrected chi connectivity index (χ2v) is 8.55. The van der Waals surface area contributed by atoms with Crippen molar-refractivity contribution in [2.24, 2.45) is 0 Å². The van der Waals surface area contributed by atoms with Crippen LogP contribution in [0.5, 0.6) is 5.75 Å². The monoisotopic (exact) mass is 434 g/mol. The molecule has 1 amide bonds. The number of carbonyl (C=O) groups is 1. The number of likely N-dealkylation sites (tertiary alicyclic amines) is 2. The summed E-state index contributed by atoms with van der Waals surface area (Å²) >= 11 is 0. The lowest BCUT2D eigenvalue weighted by atomic mass is 9.98. The minimum Gasteiger partial charge on any atom is -0.487 e. The fraction of sp³-hybridized carbons (Fsp3) is 0.400. The van der Waals surface area contributed by atoms with Crippen molar-refractivity contribution < 1.29 is 13.9 Å². The minimum atomic E-state index is -0.303. The number of rotatable bonds is 4. The number of piperidine rings is 2. The second-order valence-electron chi connectivity index (χ2n) is 8.55. The van der Waals surface area contributed by atoms with Crippen LogP contribution in [0, 0.1) is 5.82 Å². The summed E-state index contributed by atoms with van der Waals surface area (Å²) in [7, 11) is 0. The van der Waals surface area contributed by atoms with Gasteiger partial charge in [-0.2, -0.15) is 0 Å². The van der Waals surface area contributed by atoms with E-state index in [1.54, 1.807) is 24.4 Å². The van der Waals surface area contributed by atoms with Gasteiger partial charge >= 0.3 is 0 Å². The molecule has 0 N–H and O–H groups in total. The minimum absolute atomic E-state index is 0.0429. The van der Waals surface area contributed by atoms with Crippen molar-refractivity contribution in [1.82, 2.24) is 19.8 Å². The quantitative estimate of drug-likeness (QED) is 0.623. The number of fused-ring (bicyclic) bond motifs is 1. The van der Waals surface area contributed by atoms with E-state index in [0.29, 0.717) is 17.5 Å². The first-order valence-electron chi connectivity index (χ1n) is 11.3. The van der Waals surface area contributed by atoms with Gasteiger partial charge in [-0.3, -0.25) is 14.7 Å². The number of halogens is 1. The number of ether oxygens (including phenoxy) is 1. The maximum atomic E-state index is 13.8. The largest absolute Gasteiger partial charge is 0.487 e. The third-order valence-corrected chi connectivity index (χ3v) is 6.54. The van der Waals surface area contributed by atoms with Gasteiger partial charge in [0.05, 0.1) is 17.2 Å². The standard InChI is InChI=1S/C25H27FN4O2/c26-20-5-1-4-8-24(20)32-19-11-15-29(16-12-19)18-9-13-30(14-10-18)25(31)23-17-27-21-6-2-3-7-22(21)28-23/h1-8,17-19H,9-16H2. The van der Waals surface area contributed by atoms with Gasteiger partial charge in [-0.05, 0) is 49.9 Å². The highest BCUT2D eigenvalue weighted by Crippen LogP contribution is 2.25. The molecule has 0 radical (unpaired) electrons. The number of carbonyl (C=O) groups excluding carboxylic acids is 1. The van der Waals surface area contributed by atoms with Crippen molar-refractivity contribution in [3.8, 4) is 5.75 Å². The van der Waals surface area contributed by atoms with Crippen LogP contribution in [0.15, 0.2) is 54.7 Å². The third kappa shape index (κ3) is 4.43. The fourth-order valence-electron chi connectivity index (χ4n) is 4.73. The van der Waals surface area contributed by atoms with E-state index >= 15 is 0 Å². The SMILES string of the molecule is O=C(c1cnc2ccccc2n1)N1CCC(N2CCC(Oc3ccccc3F)CC2)CC1. The first-order chi connectivity index (χ1) is 15.7. The van der Waals surface area contributed by atoms with Crippen LogP contribution in [-0.2, 0) is 0 Å². The van der Waals surface area contributed by atoms with E-state index in [2.05, 4.69) is 14.9 Å². The van der Waals surface area contributed by atoms with E-state index in [1.165, 1.54) is 6.07 Å². The van der Waals surface area contributed by atoms with Gasteiger partial charge in [0, 0.05) is 32.2 Å². The van der Waals surface area contributed by atoms with Crippen LogP contribution in [0.4, 0.5) is 4.39 Å². The molecule has 2 saturated heterocycles. The molecule has 2 aliphatic rings. The first-order valence-corrected chi connectivity index (χ1v) is 11.3. The van der Waals surface area contributed by atoms with E-state index in [-0.39, 0.29) is 17.8 Å². The molecule has 0 saturated carbocycles. The predicted octanol–water partition coefficient (Wildman–Crippen LogP) is 3.92. The van der Waals surface area contributed by atoms with Gasteiger partial charge in [0.1, 0.15) is 11.8 Å². The Morgan fingerprint density at radius 1 is 0.906 bits per heavy atom. The van der Waals surface area contributed by atoms with Gasteiger partial charge in [0.25, 0.3) is 5.91 Å². The summed E-state index contributed by atoms with van der Waals surface area (Å²) in [6, 6.07) is 14.7. The summed E-state index contributed by atoms with van der Waals surface area (Å²) in [6.45, 7) is 3.33. The Kier molecular flexibility index (Phi) is 5.99. The lowest BCUT2D eigenvalue weighted by molar-refractivity contribution is 0.0414. The van der Waals surface area contributed by atoms with Crippen molar-refractivity contribution >= 4 is 16.9 Å². The predicted molar refractivity (Wildman–Crippen MR) is 120 cm³/mol. The van der Waals surface area contributed by atoms with Gasteiger partial charge in [0.2, 0.25) is 0 Å². The van der Waals surface area contributed by atoms with E-state index in [4.69, 9.17) is 4.74 Å². The normalized spacial score (nSPS) is 18.7. The van der Waals surface area contributed by atoms with Crippen molar-refractivity contribution in [2.75, 3.05) is 26.2 Å². The number of nitrogens with zero attached hydrogens (tertiary/aromatic N) is 4. The van der Waals surface area contributed by atoms with Gasteiger partial charge in [0.15, 0.2) is 11.6 Å². The Morgan fingerprint density at radius 2 is 1.59 bits per heavy atom. The fourth-order valence-corrected chi connectivity index (χ4v) is 4.73. The molecule has 2 fully saturated rings. The van der Waals surface area contributed by atoms with Gasteiger partial charge in [-0.25, -0.2) is 9.37 Å². The number of para-hydroxylation sites is 3. The molecule has 0 bridgehead atoms. The van der Waals surface area contributed by atoms with Crippen LogP contribution in [0.1, 0.15) is 36.2 Å². The highest BCUT2D eigenvalue weighted by atomic mass is 19.1. The molecule has 0 spiro atoms. The first kappa shape index (κ1) is 20.8. The van der Waals surface area contributed by atoms with Crippen LogP contribution in [0.3, 0.4) is 0 Å². The molecule has 5 rings (SSSR count). The second kappa shape index (κ2) is 9.20. The van der Waals surface area contributed by atoms with Crippen LogP contribution in [0.25, 0.3) is 11.0 Å². The van der Waals surface area contributed by atoms with Crippen molar-refractivity contribution in [2.45, 2.75) is 37.8 Å². The van der Waals surface area contributed by atoms with E-state index in [9.17, 15) is 9.18 Å². The van der Waals surface area contributed by atoms with Crippen LogP contribution >= 0.6 is 0 Å². The van der Waals surface area contributed by atoms with Crippen LogP contribution in [0.2, 0.25) is 0 Å². The van der Waals surface area contributed by atoms with E-state index < -0.39 is 0 Å². The maximum Gasteiger partial charge on any atom is 0.274 e. The number of amides is 1. The third-order valence-electron chi connectivity index (χ3n) is 6.54. The molecule has 166 valence electrons. The summed E-state index contributed by atoms with van der Waals surface area (Å²) in [4.78, 5) is 26.2. The molecule has 7 heteroatoms. The summed E-state index contributed by atoms with van der Waals surface area (Å²) in [5, 5.41) is 0. The Balaban J connectivity index is 1.12. The Morgan fingerprint density at radius 3 is 2.34 bits per heavy atom. The molecule has 0 aliphatic carbocycles. The van der Waals surface area contributed by atoms with Crippen LogP contribution < -0.4 is 4.74 Å². The highest BCUT2D eigenvalue weighted by Gasteiger charge is 2.31. The Bertz CT molecular complexity index is 1090.